The molecule has 1 aromatic carbocycles. The molecule has 2 N–H and O–H groups in total. The summed E-state index contributed by atoms with van der Waals surface area (Å²) in [6, 6.07) is 10.2. The first-order chi connectivity index (χ1) is 12.5. The SMILES string of the molecule is O=C(COc1cccnc1)Nc1scc(-c2ccc(Cl)cc2)c1C(=O)O. The van der Waals surface area contributed by atoms with Gasteiger partial charge >= 0.3 is 5.97 Å². The summed E-state index contributed by atoms with van der Waals surface area (Å²) in [5.41, 5.74) is 1.25. The molecule has 132 valence electrons. The van der Waals surface area contributed by atoms with Gasteiger partial charge in [-0.05, 0) is 29.8 Å². The number of hydrogen-bond donors (Lipinski definition) is 2. The van der Waals surface area contributed by atoms with E-state index in [1.165, 1.54) is 6.20 Å². The van der Waals surface area contributed by atoms with Crippen LogP contribution in [0, 0.1) is 0 Å². The Labute approximate surface area is 158 Å². The van der Waals surface area contributed by atoms with E-state index in [1.54, 1.807) is 48.0 Å². The van der Waals surface area contributed by atoms with Crippen LogP contribution < -0.4 is 10.1 Å². The van der Waals surface area contributed by atoms with Crippen LogP contribution in [-0.4, -0.2) is 28.6 Å². The second-order valence-electron chi connectivity index (χ2n) is 5.19. The van der Waals surface area contributed by atoms with Gasteiger partial charge in [0.05, 0.1) is 6.20 Å². The molecule has 0 aliphatic carbocycles. The second kappa shape index (κ2) is 7.99. The Balaban J connectivity index is 1.76. The summed E-state index contributed by atoms with van der Waals surface area (Å²) in [7, 11) is 0. The van der Waals surface area contributed by atoms with Gasteiger partial charge in [0.15, 0.2) is 6.61 Å². The number of nitrogens with one attached hydrogen (secondary N) is 1. The van der Waals surface area contributed by atoms with E-state index in [4.69, 9.17) is 16.3 Å². The Bertz CT molecular complexity index is 926. The fourth-order valence-electron chi connectivity index (χ4n) is 2.25. The number of pyridine rings is 1. The zero-order valence-electron chi connectivity index (χ0n) is 13.3. The highest BCUT2D eigenvalue weighted by molar-refractivity contribution is 7.15. The third-order valence-electron chi connectivity index (χ3n) is 3.42. The molecule has 0 unspecified atom stereocenters. The lowest BCUT2D eigenvalue weighted by molar-refractivity contribution is -0.118. The average molecular weight is 389 g/mol. The number of ether oxygens (including phenoxy) is 1. The number of carbonyl (C=O) groups excluding carboxylic acids is 1. The maximum absolute atomic E-state index is 12.1. The molecule has 0 spiro atoms. The van der Waals surface area contributed by atoms with Gasteiger partial charge in [-0.15, -0.1) is 11.3 Å². The van der Waals surface area contributed by atoms with Crippen molar-refractivity contribution in [3.8, 4) is 16.9 Å². The molecule has 0 bridgehead atoms. The molecule has 0 fully saturated rings. The molecule has 3 rings (SSSR count). The van der Waals surface area contributed by atoms with Crippen LogP contribution >= 0.6 is 22.9 Å². The predicted octanol–water partition coefficient (Wildman–Crippen LogP) is 4.18. The van der Waals surface area contributed by atoms with Crippen LogP contribution in [0.15, 0.2) is 54.2 Å². The monoisotopic (exact) mass is 388 g/mol. The van der Waals surface area contributed by atoms with E-state index in [-0.39, 0.29) is 17.2 Å². The first kappa shape index (κ1) is 17.9. The first-order valence-electron chi connectivity index (χ1n) is 7.48. The molecule has 0 atom stereocenters. The highest BCUT2D eigenvalue weighted by atomic mass is 35.5. The summed E-state index contributed by atoms with van der Waals surface area (Å²) in [6.07, 6.45) is 3.08. The Kier molecular flexibility index (Phi) is 5.50. The highest BCUT2D eigenvalue weighted by Crippen LogP contribution is 2.36. The molecule has 2 aromatic heterocycles. The molecule has 26 heavy (non-hydrogen) atoms. The number of nitrogens with zero attached hydrogens (tertiary/aromatic N) is 1. The predicted molar refractivity (Wildman–Crippen MR) is 100 cm³/mol. The fraction of sp³-hybridized carbons (Fsp3) is 0.0556. The van der Waals surface area contributed by atoms with Crippen molar-refractivity contribution in [1.82, 2.24) is 4.98 Å². The van der Waals surface area contributed by atoms with Crippen LogP contribution in [0.3, 0.4) is 0 Å². The molecule has 0 saturated heterocycles. The lowest BCUT2D eigenvalue weighted by Gasteiger charge is -2.07. The van der Waals surface area contributed by atoms with Gasteiger partial charge in [-0.25, -0.2) is 4.79 Å². The Morgan fingerprint density at radius 3 is 2.65 bits per heavy atom. The molecule has 0 aliphatic heterocycles. The second-order valence-corrected chi connectivity index (χ2v) is 6.51. The molecule has 0 radical (unpaired) electrons. The van der Waals surface area contributed by atoms with E-state index >= 15 is 0 Å². The number of hydrogen-bond acceptors (Lipinski definition) is 5. The largest absolute Gasteiger partial charge is 0.482 e. The van der Waals surface area contributed by atoms with Crippen molar-refractivity contribution >= 4 is 39.8 Å². The first-order valence-corrected chi connectivity index (χ1v) is 8.74. The maximum Gasteiger partial charge on any atom is 0.339 e. The third-order valence-corrected chi connectivity index (χ3v) is 4.56. The van der Waals surface area contributed by atoms with Gasteiger partial charge in [0.25, 0.3) is 5.91 Å². The molecular weight excluding hydrogens is 376 g/mol. The van der Waals surface area contributed by atoms with Gasteiger partial charge in [-0.2, -0.15) is 0 Å². The number of rotatable bonds is 6. The van der Waals surface area contributed by atoms with Gasteiger partial charge < -0.3 is 15.2 Å². The van der Waals surface area contributed by atoms with E-state index < -0.39 is 11.9 Å². The van der Waals surface area contributed by atoms with E-state index in [0.29, 0.717) is 21.9 Å². The van der Waals surface area contributed by atoms with Crippen LogP contribution in [0.4, 0.5) is 5.00 Å². The standard InChI is InChI=1S/C18H13ClN2O4S/c19-12-5-3-11(4-6-12)14-10-26-17(16(14)18(23)24)21-15(22)9-25-13-2-1-7-20-8-13/h1-8,10H,9H2,(H,21,22)(H,23,24). The van der Waals surface area contributed by atoms with E-state index in [2.05, 4.69) is 10.3 Å². The van der Waals surface area contributed by atoms with Gasteiger partial charge in [0.2, 0.25) is 0 Å². The number of carboxylic acid groups (broad SMARTS) is 1. The van der Waals surface area contributed by atoms with Crippen LogP contribution in [0.5, 0.6) is 5.75 Å². The summed E-state index contributed by atoms with van der Waals surface area (Å²) in [6.45, 7) is -0.251. The molecular formula is C18H13ClN2O4S. The van der Waals surface area contributed by atoms with Gasteiger partial charge in [-0.1, -0.05) is 23.7 Å². The van der Waals surface area contributed by atoms with Crippen LogP contribution in [-0.2, 0) is 4.79 Å². The third kappa shape index (κ3) is 4.19. The number of halogens is 1. The van der Waals surface area contributed by atoms with Gasteiger partial charge in [-0.3, -0.25) is 9.78 Å². The fourth-order valence-corrected chi connectivity index (χ4v) is 3.35. The minimum Gasteiger partial charge on any atom is -0.482 e. The van der Waals surface area contributed by atoms with E-state index in [9.17, 15) is 14.7 Å². The topological polar surface area (TPSA) is 88.5 Å². The molecule has 0 saturated carbocycles. The van der Waals surface area contributed by atoms with Crippen molar-refractivity contribution in [3.63, 3.8) is 0 Å². The minimum absolute atomic E-state index is 0.0343. The van der Waals surface area contributed by atoms with Crippen molar-refractivity contribution in [2.75, 3.05) is 11.9 Å². The summed E-state index contributed by atoms with van der Waals surface area (Å²) >= 11 is 7.01. The maximum atomic E-state index is 12.1. The molecule has 1 amide bonds. The number of anilines is 1. The zero-order chi connectivity index (χ0) is 18.5. The summed E-state index contributed by atoms with van der Waals surface area (Å²) in [5.74, 6) is -1.13. The van der Waals surface area contributed by atoms with Crippen molar-refractivity contribution in [3.05, 3.63) is 64.8 Å². The van der Waals surface area contributed by atoms with Crippen LogP contribution in [0.1, 0.15) is 10.4 Å². The molecule has 8 heteroatoms. The lowest BCUT2D eigenvalue weighted by Crippen LogP contribution is -2.20. The highest BCUT2D eigenvalue weighted by Gasteiger charge is 2.21. The molecule has 2 heterocycles. The Morgan fingerprint density at radius 2 is 2.00 bits per heavy atom. The normalized spacial score (nSPS) is 10.3. The number of thiophene rings is 1. The number of benzene rings is 1. The van der Waals surface area contributed by atoms with Crippen molar-refractivity contribution < 1.29 is 19.4 Å². The number of carbonyl (C=O) groups is 2. The number of carboxylic acids is 1. The molecule has 0 aliphatic rings. The molecule has 6 nitrogen and oxygen atoms in total. The quantitative estimate of drug-likeness (QED) is 0.661. The Hall–Kier alpha value is -2.90. The average Bonchev–Trinajstić information content (AvgIpc) is 3.05. The number of aromatic carboxylic acids is 1. The van der Waals surface area contributed by atoms with Gasteiger partial charge in [0.1, 0.15) is 16.3 Å². The Morgan fingerprint density at radius 1 is 1.23 bits per heavy atom. The summed E-state index contributed by atoms with van der Waals surface area (Å²) in [4.78, 5) is 27.7. The number of aromatic nitrogens is 1. The van der Waals surface area contributed by atoms with Crippen molar-refractivity contribution in [2.24, 2.45) is 0 Å². The van der Waals surface area contributed by atoms with Crippen molar-refractivity contribution in [2.45, 2.75) is 0 Å². The van der Waals surface area contributed by atoms with Crippen LogP contribution in [0.2, 0.25) is 5.02 Å². The smallest absolute Gasteiger partial charge is 0.339 e. The van der Waals surface area contributed by atoms with Crippen molar-refractivity contribution in [1.29, 1.82) is 0 Å². The lowest BCUT2D eigenvalue weighted by atomic mass is 10.0. The van der Waals surface area contributed by atoms with E-state index in [1.807, 2.05) is 0 Å². The van der Waals surface area contributed by atoms with Crippen LogP contribution in [0.25, 0.3) is 11.1 Å². The summed E-state index contributed by atoms with van der Waals surface area (Å²) < 4.78 is 5.31. The number of amides is 1. The van der Waals surface area contributed by atoms with E-state index in [0.717, 1.165) is 11.3 Å². The minimum atomic E-state index is -1.13. The van der Waals surface area contributed by atoms with Gasteiger partial charge in [0, 0.05) is 22.2 Å². The zero-order valence-corrected chi connectivity index (χ0v) is 14.9. The summed E-state index contributed by atoms with van der Waals surface area (Å²) in [5, 5.41) is 14.6. The molecule has 3 aromatic rings.